The molecule has 3 aromatic rings. The number of carbonyl (C=O) groups excluding carboxylic acids is 1. The van der Waals surface area contributed by atoms with E-state index in [9.17, 15) is 4.79 Å². The van der Waals surface area contributed by atoms with Gasteiger partial charge >= 0.3 is 0 Å². The molecular weight excluding hydrogens is 376 g/mol. The molecule has 0 radical (unpaired) electrons. The molecule has 4 rings (SSSR count). The molecule has 9 heteroatoms. The number of aromatic nitrogens is 3. The summed E-state index contributed by atoms with van der Waals surface area (Å²) in [5.74, 6) is -0.327. The van der Waals surface area contributed by atoms with Crippen LogP contribution in [0.4, 0.5) is 11.4 Å². The SMILES string of the molecule is Nc1ccc(-c2ccsc2)cc1NC(=O)c1cn(CCN2CCOCC2)nn1. The Bertz CT molecular complexity index is 934. The molecule has 1 saturated heterocycles. The van der Waals surface area contributed by atoms with Crippen molar-refractivity contribution >= 4 is 28.6 Å². The Morgan fingerprint density at radius 1 is 1.21 bits per heavy atom. The van der Waals surface area contributed by atoms with E-state index in [1.165, 1.54) is 0 Å². The Labute approximate surface area is 166 Å². The predicted octanol–water partition coefficient (Wildman–Crippen LogP) is 2.17. The van der Waals surface area contributed by atoms with E-state index in [2.05, 4.69) is 25.9 Å². The van der Waals surface area contributed by atoms with Crippen molar-refractivity contribution < 1.29 is 9.53 Å². The number of rotatable bonds is 6. The van der Waals surface area contributed by atoms with E-state index in [1.807, 2.05) is 23.6 Å². The first-order chi connectivity index (χ1) is 13.7. The highest BCUT2D eigenvalue weighted by molar-refractivity contribution is 7.08. The summed E-state index contributed by atoms with van der Waals surface area (Å²) in [4.78, 5) is 14.9. The first-order valence-corrected chi connectivity index (χ1v) is 10.1. The number of carbonyl (C=O) groups is 1. The third-order valence-corrected chi connectivity index (χ3v) is 5.36. The van der Waals surface area contributed by atoms with Gasteiger partial charge in [0.15, 0.2) is 5.69 Å². The summed E-state index contributed by atoms with van der Waals surface area (Å²) < 4.78 is 7.04. The van der Waals surface area contributed by atoms with Gasteiger partial charge in [0, 0.05) is 19.6 Å². The summed E-state index contributed by atoms with van der Waals surface area (Å²) in [6.07, 6.45) is 1.66. The molecule has 1 fully saturated rings. The van der Waals surface area contributed by atoms with Crippen LogP contribution in [-0.2, 0) is 11.3 Å². The molecule has 2 aromatic heterocycles. The summed E-state index contributed by atoms with van der Waals surface area (Å²) in [7, 11) is 0. The minimum Gasteiger partial charge on any atom is -0.397 e. The lowest BCUT2D eigenvalue weighted by molar-refractivity contribution is 0.0359. The zero-order chi connectivity index (χ0) is 19.3. The molecule has 0 aliphatic carbocycles. The smallest absolute Gasteiger partial charge is 0.277 e. The van der Waals surface area contributed by atoms with Crippen LogP contribution in [0.15, 0.2) is 41.2 Å². The number of benzene rings is 1. The number of nitrogen functional groups attached to an aromatic ring is 1. The first-order valence-electron chi connectivity index (χ1n) is 9.13. The number of nitrogens with two attached hydrogens (primary N) is 1. The Hall–Kier alpha value is -2.75. The van der Waals surface area contributed by atoms with E-state index in [1.54, 1.807) is 28.3 Å². The molecule has 3 heterocycles. The van der Waals surface area contributed by atoms with Crippen LogP contribution < -0.4 is 11.1 Å². The first kappa shape index (κ1) is 18.6. The molecule has 0 bridgehead atoms. The van der Waals surface area contributed by atoms with E-state index in [0.717, 1.165) is 44.0 Å². The molecule has 0 unspecified atom stereocenters. The van der Waals surface area contributed by atoms with Crippen molar-refractivity contribution in [2.45, 2.75) is 6.54 Å². The summed E-state index contributed by atoms with van der Waals surface area (Å²) >= 11 is 1.62. The number of nitrogens with one attached hydrogen (secondary N) is 1. The summed E-state index contributed by atoms with van der Waals surface area (Å²) in [6, 6.07) is 7.64. The fraction of sp³-hybridized carbons (Fsp3) is 0.316. The maximum Gasteiger partial charge on any atom is 0.277 e. The number of hydrogen-bond acceptors (Lipinski definition) is 7. The predicted molar refractivity (Wildman–Crippen MR) is 109 cm³/mol. The summed E-state index contributed by atoms with van der Waals surface area (Å²) in [5, 5.41) is 15.0. The van der Waals surface area contributed by atoms with Crippen LogP contribution in [0.1, 0.15) is 10.5 Å². The molecule has 1 amide bonds. The number of nitrogens with zero attached hydrogens (tertiary/aromatic N) is 4. The Morgan fingerprint density at radius 2 is 2.07 bits per heavy atom. The van der Waals surface area contributed by atoms with Gasteiger partial charge in [-0.2, -0.15) is 11.3 Å². The average Bonchev–Trinajstić information content (AvgIpc) is 3.41. The molecule has 1 aliphatic heterocycles. The highest BCUT2D eigenvalue weighted by Crippen LogP contribution is 2.28. The minimum atomic E-state index is -0.327. The Balaban J connectivity index is 1.40. The molecule has 0 spiro atoms. The fourth-order valence-corrected chi connectivity index (χ4v) is 3.70. The van der Waals surface area contributed by atoms with Gasteiger partial charge in [0.1, 0.15) is 0 Å². The van der Waals surface area contributed by atoms with Crippen LogP contribution in [0, 0.1) is 0 Å². The van der Waals surface area contributed by atoms with Gasteiger partial charge in [0.25, 0.3) is 5.91 Å². The van der Waals surface area contributed by atoms with E-state index >= 15 is 0 Å². The van der Waals surface area contributed by atoms with Crippen molar-refractivity contribution in [1.82, 2.24) is 19.9 Å². The molecule has 3 N–H and O–H groups in total. The number of ether oxygens (including phenoxy) is 1. The molecule has 8 nitrogen and oxygen atoms in total. The monoisotopic (exact) mass is 398 g/mol. The van der Waals surface area contributed by atoms with Crippen LogP contribution >= 0.6 is 11.3 Å². The molecule has 146 valence electrons. The lowest BCUT2D eigenvalue weighted by Gasteiger charge is -2.26. The van der Waals surface area contributed by atoms with Gasteiger partial charge in [0.2, 0.25) is 0 Å². The topological polar surface area (TPSA) is 98.3 Å². The van der Waals surface area contributed by atoms with Crippen molar-refractivity contribution in [2.75, 3.05) is 43.9 Å². The van der Waals surface area contributed by atoms with Crippen molar-refractivity contribution in [3.63, 3.8) is 0 Å². The molecular formula is C19H22N6O2S. The molecule has 1 aromatic carbocycles. The molecule has 0 atom stereocenters. The maximum atomic E-state index is 12.6. The van der Waals surface area contributed by atoms with E-state index < -0.39 is 0 Å². The number of hydrogen-bond donors (Lipinski definition) is 2. The largest absolute Gasteiger partial charge is 0.397 e. The van der Waals surface area contributed by atoms with Crippen molar-refractivity contribution in [3.05, 3.63) is 46.9 Å². The van der Waals surface area contributed by atoms with Gasteiger partial charge in [-0.25, -0.2) is 0 Å². The van der Waals surface area contributed by atoms with Crippen LogP contribution in [0.2, 0.25) is 0 Å². The minimum absolute atomic E-state index is 0.266. The van der Waals surface area contributed by atoms with Crippen molar-refractivity contribution in [1.29, 1.82) is 0 Å². The second-order valence-corrected chi connectivity index (χ2v) is 7.37. The van der Waals surface area contributed by atoms with Crippen LogP contribution in [0.25, 0.3) is 11.1 Å². The van der Waals surface area contributed by atoms with E-state index in [-0.39, 0.29) is 11.6 Å². The molecule has 28 heavy (non-hydrogen) atoms. The zero-order valence-electron chi connectivity index (χ0n) is 15.4. The van der Waals surface area contributed by atoms with Gasteiger partial charge in [-0.15, -0.1) is 5.10 Å². The van der Waals surface area contributed by atoms with Crippen LogP contribution in [-0.4, -0.2) is 58.6 Å². The highest BCUT2D eigenvalue weighted by Gasteiger charge is 2.15. The quantitative estimate of drug-likeness (QED) is 0.618. The van der Waals surface area contributed by atoms with Gasteiger partial charge < -0.3 is 15.8 Å². The van der Waals surface area contributed by atoms with Crippen LogP contribution in [0.5, 0.6) is 0 Å². The lowest BCUT2D eigenvalue weighted by Crippen LogP contribution is -2.38. The van der Waals surface area contributed by atoms with E-state index in [0.29, 0.717) is 17.9 Å². The summed E-state index contributed by atoms with van der Waals surface area (Å²) in [5.41, 5.74) is 9.47. The van der Waals surface area contributed by atoms with Gasteiger partial charge in [-0.1, -0.05) is 11.3 Å². The number of thiophene rings is 1. The third-order valence-electron chi connectivity index (χ3n) is 4.68. The van der Waals surface area contributed by atoms with Crippen LogP contribution in [0.3, 0.4) is 0 Å². The van der Waals surface area contributed by atoms with Gasteiger partial charge in [-0.05, 0) is 40.1 Å². The Kier molecular flexibility index (Phi) is 5.65. The second-order valence-electron chi connectivity index (χ2n) is 6.59. The lowest BCUT2D eigenvalue weighted by atomic mass is 10.1. The maximum absolute atomic E-state index is 12.6. The second kappa shape index (κ2) is 8.51. The average molecular weight is 398 g/mol. The third kappa shape index (κ3) is 4.38. The number of amides is 1. The fourth-order valence-electron chi connectivity index (χ4n) is 3.04. The van der Waals surface area contributed by atoms with Crippen molar-refractivity contribution in [3.8, 4) is 11.1 Å². The zero-order valence-corrected chi connectivity index (χ0v) is 16.2. The van der Waals surface area contributed by atoms with E-state index in [4.69, 9.17) is 10.5 Å². The highest BCUT2D eigenvalue weighted by atomic mass is 32.1. The van der Waals surface area contributed by atoms with Crippen molar-refractivity contribution in [2.24, 2.45) is 0 Å². The van der Waals surface area contributed by atoms with Gasteiger partial charge in [0.05, 0.1) is 37.3 Å². The normalized spacial score (nSPS) is 14.9. The Morgan fingerprint density at radius 3 is 2.86 bits per heavy atom. The molecule has 1 aliphatic rings. The standard InChI is InChI=1S/C19H22N6O2S/c20-16-2-1-14(15-3-10-28-13-15)11-17(16)21-19(26)18-12-25(23-22-18)5-4-24-6-8-27-9-7-24/h1-3,10-13H,4-9,20H2,(H,21,26). The number of morpholine rings is 1. The summed E-state index contributed by atoms with van der Waals surface area (Å²) in [6.45, 7) is 4.89. The number of anilines is 2. The van der Waals surface area contributed by atoms with Gasteiger partial charge in [-0.3, -0.25) is 14.4 Å². The molecule has 0 saturated carbocycles.